The first kappa shape index (κ1) is 27.3. The van der Waals surface area contributed by atoms with E-state index in [-0.39, 0.29) is 0 Å². The molecule has 0 N–H and O–H groups in total. The fourth-order valence-corrected chi connectivity index (χ4v) is 2.09. The van der Waals surface area contributed by atoms with Crippen LogP contribution in [0.5, 0.6) is 0 Å². The van der Waals surface area contributed by atoms with E-state index in [1.807, 2.05) is 0 Å². The summed E-state index contributed by atoms with van der Waals surface area (Å²) in [6.07, 6.45) is -14.0. The number of rotatable bonds is 8. The van der Waals surface area contributed by atoms with Gasteiger partial charge in [0.1, 0.15) is 6.10 Å². The Balaban J connectivity index is 3.48. The van der Waals surface area contributed by atoms with E-state index in [0.29, 0.717) is 0 Å². The van der Waals surface area contributed by atoms with Crippen LogP contribution in [0.3, 0.4) is 0 Å². The van der Waals surface area contributed by atoms with Crippen molar-refractivity contribution >= 4 is 5.97 Å². The highest BCUT2D eigenvalue weighted by Crippen LogP contribution is 2.64. The smallest absolute Gasteiger partial charge is 0.460 e. The summed E-state index contributed by atoms with van der Waals surface area (Å²) in [7, 11) is 0. The van der Waals surface area contributed by atoms with E-state index in [2.05, 4.69) is 4.74 Å². The number of carbonyl (C=O) groups is 1. The van der Waals surface area contributed by atoms with E-state index < -0.39 is 72.5 Å². The van der Waals surface area contributed by atoms with Crippen LogP contribution < -0.4 is 0 Å². The lowest BCUT2D eigenvalue weighted by atomic mass is 9.87. The van der Waals surface area contributed by atoms with E-state index >= 15 is 0 Å². The second-order valence-corrected chi connectivity index (χ2v) is 6.17. The SMILES string of the molecule is O=C1CC(CC(F)(F)C(F)(F)C(F)(F)C(F)(F)C(F)(F)C(F)(F)C(F)(F)C(F)(F)F)O1. The van der Waals surface area contributed by atoms with Gasteiger partial charge in [0.2, 0.25) is 0 Å². The minimum atomic E-state index is -8.65. The monoisotopic (exact) mass is 504 g/mol. The number of ether oxygens (including phenoxy) is 1. The van der Waals surface area contributed by atoms with Crippen molar-refractivity contribution in [3.63, 3.8) is 0 Å². The third-order valence-electron chi connectivity index (χ3n) is 3.96. The molecule has 19 heteroatoms. The Morgan fingerprint density at radius 1 is 0.581 bits per heavy atom. The van der Waals surface area contributed by atoms with E-state index in [4.69, 9.17) is 0 Å². The summed E-state index contributed by atoms with van der Waals surface area (Å²) >= 11 is 0. The molecule has 1 fully saturated rings. The largest absolute Gasteiger partial charge is 0.461 e. The average molecular weight is 504 g/mol. The van der Waals surface area contributed by atoms with Gasteiger partial charge in [-0.2, -0.15) is 74.6 Å². The lowest BCUT2D eigenvalue weighted by molar-refractivity contribution is -0.462. The van der Waals surface area contributed by atoms with Gasteiger partial charge in [-0.3, -0.25) is 4.79 Å². The minimum Gasteiger partial charge on any atom is -0.461 e. The van der Waals surface area contributed by atoms with Gasteiger partial charge >= 0.3 is 53.6 Å². The first-order chi connectivity index (χ1) is 13.2. The van der Waals surface area contributed by atoms with E-state index in [1.54, 1.807) is 0 Å². The van der Waals surface area contributed by atoms with Crippen molar-refractivity contribution in [3.8, 4) is 0 Å². The Kier molecular flexibility index (Phi) is 6.07. The van der Waals surface area contributed by atoms with Crippen LogP contribution in [0, 0.1) is 0 Å². The second kappa shape index (κ2) is 6.89. The van der Waals surface area contributed by atoms with Crippen LogP contribution in [0.15, 0.2) is 0 Å². The normalized spacial score (nSPS) is 20.4. The maximum atomic E-state index is 13.4. The van der Waals surface area contributed by atoms with Crippen LogP contribution in [0.2, 0.25) is 0 Å². The van der Waals surface area contributed by atoms with Gasteiger partial charge < -0.3 is 4.74 Å². The molecule has 1 aliphatic heterocycles. The molecule has 0 amide bonds. The van der Waals surface area contributed by atoms with E-state index in [1.165, 1.54) is 0 Å². The number of esters is 1. The van der Waals surface area contributed by atoms with Gasteiger partial charge in [0, 0.05) is 0 Å². The fraction of sp³-hybridized carbons (Fsp3) is 0.917. The summed E-state index contributed by atoms with van der Waals surface area (Å²) < 4.78 is 224. The second-order valence-electron chi connectivity index (χ2n) is 6.17. The molecule has 1 unspecified atom stereocenters. The Labute approximate surface area is 158 Å². The summed E-state index contributed by atoms with van der Waals surface area (Å²) in [4.78, 5) is 10.4. The summed E-state index contributed by atoms with van der Waals surface area (Å²) in [5.74, 6) is -57.9. The molecule has 0 aliphatic carbocycles. The zero-order valence-corrected chi connectivity index (χ0v) is 13.7. The van der Waals surface area contributed by atoms with Gasteiger partial charge in [-0.15, -0.1) is 0 Å². The Hall–Kier alpha value is -1.72. The molecule has 0 radical (unpaired) electrons. The molecule has 1 aliphatic rings. The van der Waals surface area contributed by atoms with Gasteiger partial charge in [0.25, 0.3) is 0 Å². The zero-order valence-electron chi connectivity index (χ0n) is 13.7. The minimum absolute atomic E-state index is 1.17. The number of alkyl halides is 17. The first-order valence-corrected chi connectivity index (χ1v) is 7.13. The quantitative estimate of drug-likeness (QED) is 0.313. The summed E-state index contributed by atoms with van der Waals surface area (Å²) in [5.41, 5.74) is 0. The maximum absolute atomic E-state index is 13.4. The number of hydrogen-bond acceptors (Lipinski definition) is 2. The van der Waals surface area contributed by atoms with Crippen molar-refractivity contribution in [1.82, 2.24) is 0 Å². The van der Waals surface area contributed by atoms with Crippen LogP contribution in [-0.2, 0) is 9.53 Å². The molecular formula is C12H5F17O2. The molecule has 1 rings (SSSR count). The highest BCUT2D eigenvalue weighted by atomic mass is 19.4. The van der Waals surface area contributed by atoms with Crippen molar-refractivity contribution in [2.24, 2.45) is 0 Å². The highest BCUT2D eigenvalue weighted by molar-refractivity contribution is 5.75. The topological polar surface area (TPSA) is 26.3 Å². The molecule has 184 valence electrons. The summed E-state index contributed by atoms with van der Waals surface area (Å²) in [5, 5.41) is 0. The highest BCUT2D eigenvalue weighted by Gasteiger charge is 2.95. The van der Waals surface area contributed by atoms with Gasteiger partial charge in [-0.1, -0.05) is 0 Å². The number of halogens is 17. The van der Waals surface area contributed by atoms with Crippen molar-refractivity contribution in [2.45, 2.75) is 66.6 Å². The zero-order chi connectivity index (χ0) is 25.3. The molecular weight excluding hydrogens is 499 g/mol. The standard InChI is InChI=1S/C12H5F17O2/c13-5(14,2-3-1-4(30)31-3)6(15,16)7(17,18)8(19,20)9(21,22)10(23,24)11(25,26)12(27,28)29/h3H,1-2H2. The Bertz CT molecular complexity index is 698. The van der Waals surface area contributed by atoms with Crippen LogP contribution in [0.1, 0.15) is 12.8 Å². The molecule has 0 bridgehead atoms. The molecule has 0 aromatic heterocycles. The molecule has 0 aromatic carbocycles. The first-order valence-electron chi connectivity index (χ1n) is 7.13. The van der Waals surface area contributed by atoms with Gasteiger partial charge in [0.05, 0.1) is 12.8 Å². The molecule has 1 atom stereocenters. The van der Waals surface area contributed by atoms with E-state index in [0.717, 1.165) is 0 Å². The third-order valence-corrected chi connectivity index (χ3v) is 3.96. The molecule has 2 nitrogen and oxygen atoms in total. The van der Waals surface area contributed by atoms with Crippen LogP contribution in [0.25, 0.3) is 0 Å². The van der Waals surface area contributed by atoms with Gasteiger partial charge in [-0.05, 0) is 0 Å². The average Bonchev–Trinajstić information content (AvgIpc) is 2.50. The Morgan fingerprint density at radius 3 is 1.16 bits per heavy atom. The molecule has 0 aromatic rings. The summed E-state index contributed by atoms with van der Waals surface area (Å²) in [6, 6.07) is 0. The van der Waals surface area contributed by atoms with Crippen LogP contribution >= 0.6 is 0 Å². The molecule has 1 heterocycles. The van der Waals surface area contributed by atoms with Crippen molar-refractivity contribution in [2.75, 3.05) is 0 Å². The number of carbonyl (C=O) groups excluding carboxylic acids is 1. The fourth-order valence-electron chi connectivity index (χ4n) is 2.09. The van der Waals surface area contributed by atoms with Crippen molar-refractivity contribution < 1.29 is 84.2 Å². The molecule has 31 heavy (non-hydrogen) atoms. The number of hydrogen-bond donors (Lipinski definition) is 0. The van der Waals surface area contributed by atoms with Gasteiger partial charge in [0.15, 0.2) is 0 Å². The third kappa shape index (κ3) is 3.54. The molecule has 0 spiro atoms. The Morgan fingerprint density at radius 2 is 0.871 bits per heavy atom. The molecule has 1 saturated heterocycles. The molecule has 0 saturated carbocycles. The van der Waals surface area contributed by atoms with Crippen molar-refractivity contribution in [3.05, 3.63) is 0 Å². The van der Waals surface area contributed by atoms with Crippen LogP contribution in [0.4, 0.5) is 74.6 Å². The predicted octanol–water partition coefficient (Wildman–Crippen LogP) is 5.70. The van der Waals surface area contributed by atoms with Gasteiger partial charge in [-0.25, -0.2) is 0 Å². The lowest BCUT2D eigenvalue weighted by Crippen LogP contribution is -2.74. The summed E-state index contributed by atoms with van der Waals surface area (Å²) in [6.45, 7) is 0. The van der Waals surface area contributed by atoms with E-state index in [9.17, 15) is 79.4 Å². The lowest BCUT2D eigenvalue weighted by Gasteiger charge is -2.43. The number of cyclic esters (lactones) is 1. The van der Waals surface area contributed by atoms with Crippen LogP contribution in [-0.4, -0.2) is 59.7 Å². The van der Waals surface area contributed by atoms with Crippen molar-refractivity contribution in [1.29, 1.82) is 0 Å². The maximum Gasteiger partial charge on any atom is 0.460 e. The predicted molar refractivity (Wildman–Crippen MR) is 59.8 cm³/mol.